The fourth-order valence-electron chi connectivity index (χ4n) is 1.33. The van der Waals surface area contributed by atoms with Crippen LogP contribution in [0.15, 0.2) is 24.3 Å². The summed E-state index contributed by atoms with van der Waals surface area (Å²) in [6.07, 6.45) is -1.35. The molecule has 0 unspecified atom stereocenters. The molecule has 0 fully saturated rings. The number of carbonyl (C=O) groups excluding carboxylic acids is 1. The molecular formula is C12H15NO5. The third-order valence-corrected chi connectivity index (χ3v) is 2.33. The number of carbonyl (C=O) groups is 2. The van der Waals surface area contributed by atoms with Gasteiger partial charge in [0.15, 0.2) is 6.10 Å². The Labute approximate surface area is 104 Å². The molecule has 1 atom stereocenters. The molecule has 0 radical (unpaired) electrons. The number of aromatic hydroxyl groups is 1. The maximum atomic E-state index is 11.4. The predicted molar refractivity (Wildman–Crippen MR) is 63.1 cm³/mol. The molecule has 0 aliphatic rings. The van der Waals surface area contributed by atoms with E-state index in [1.165, 1.54) is 12.1 Å². The number of phenolic OH excluding ortho intramolecular Hbond substituents is 1. The molecule has 0 aliphatic heterocycles. The fraction of sp³-hybridized carbons (Fsp3) is 0.333. The largest absolute Gasteiger partial charge is 0.508 e. The summed E-state index contributed by atoms with van der Waals surface area (Å²) in [5.41, 5.74) is 0.740. The highest BCUT2D eigenvalue weighted by Gasteiger charge is 2.12. The second-order valence-electron chi connectivity index (χ2n) is 3.84. The summed E-state index contributed by atoms with van der Waals surface area (Å²) < 4.78 is 0. The minimum absolute atomic E-state index is 0.0311. The van der Waals surface area contributed by atoms with Gasteiger partial charge in [0, 0.05) is 13.0 Å². The summed E-state index contributed by atoms with van der Waals surface area (Å²) in [7, 11) is 0. The third kappa shape index (κ3) is 4.84. The van der Waals surface area contributed by atoms with Gasteiger partial charge in [0.05, 0.1) is 6.42 Å². The van der Waals surface area contributed by atoms with Crippen LogP contribution >= 0.6 is 0 Å². The molecule has 4 N–H and O–H groups in total. The monoisotopic (exact) mass is 253 g/mol. The highest BCUT2D eigenvalue weighted by molar-refractivity contribution is 5.78. The molecule has 0 saturated heterocycles. The van der Waals surface area contributed by atoms with Crippen LogP contribution in [0.5, 0.6) is 5.75 Å². The number of benzene rings is 1. The molecule has 0 bridgehead atoms. The van der Waals surface area contributed by atoms with Crippen molar-refractivity contribution in [3.05, 3.63) is 29.8 Å². The van der Waals surface area contributed by atoms with Gasteiger partial charge in [-0.05, 0) is 17.7 Å². The van der Waals surface area contributed by atoms with Crippen LogP contribution in [0.2, 0.25) is 0 Å². The number of aliphatic hydroxyl groups excluding tert-OH is 1. The Morgan fingerprint density at radius 3 is 2.39 bits per heavy atom. The summed E-state index contributed by atoms with van der Waals surface area (Å²) in [5.74, 6) is -1.44. The van der Waals surface area contributed by atoms with E-state index in [1.807, 2.05) is 0 Å². The first-order valence-electron chi connectivity index (χ1n) is 5.44. The van der Waals surface area contributed by atoms with E-state index in [-0.39, 0.29) is 31.0 Å². The zero-order chi connectivity index (χ0) is 13.5. The van der Waals surface area contributed by atoms with Gasteiger partial charge in [-0.15, -0.1) is 0 Å². The average molecular weight is 253 g/mol. The van der Waals surface area contributed by atoms with Crippen LogP contribution in [0.4, 0.5) is 0 Å². The predicted octanol–water partition coefficient (Wildman–Crippen LogP) is -0.114. The normalized spacial score (nSPS) is 11.8. The highest BCUT2D eigenvalue weighted by atomic mass is 16.4. The summed E-state index contributed by atoms with van der Waals surface area (Å²) in [5, 5.41) is 29.0. The number of hydrogen-bond acceptors (Lipinski definition) is 4. The number of carboxylic acid groups (broad SMARTS) is 1. The zero-order valence-corrected chi connectivity index (χ0v) is 9.67. The SMILES string of the molecule is O=C(Cc1ccc(O)cc1)NCC[C@H](O)C(=O)O. The zero-order valence-electron chi connectivity index (χ0n) is 9.67. The number of nitrogens with one attached hydrogen (secondary N) is 1. The number of aliphatic hydroxyl groups is 1. The Bertz CT molecular complexity index is 415. The van der Waals surface area contributed by atoms with Crippen molar-refractivity contribution < 1.29 is 24.9 Å². The second kappa shape index (κ2) is 6.61. The minimum Gasteiger partial charge on any atom is -0.508 e. The van der Waals surface area contributed by atoms with E-state index in [0.717, 1.165) is 5.56 Å². The molecule has 6 heteroatoms. The van der Waals surface area contributed by atoms with E-state index in [4.69, 9.17) is 15.3 Å². The van der Waals surface area contributed by atoms with Gasteiger partial charge >= 0.3 is 5.97 Å². The van der Waals surface area contributed by atoms with Crippen molar-refractivity contribution in [2.24, 2.45) is 0 Å². The molecule has 98 valence electrons. The molecular weight excluding hydrogens is 238 g/mol. The lowest BCUT2D eigenvalue weighted by molar-refractivity contribution is -0.147. The minimum atomic E-state index is -1.46. The van der Waals surface area contributed by atoms with Crippen LogP contribution in [0.1, 0.15) is 12.0 Å². The molecule has 0 aromatic heterocycles. The number of hydrogen-bond donors (Lipinski definition) is 4. The van der Waals surface area contributed by atoms with Crippen LogP contribution in [0, 0.1) is 0 Å². The third-order valence-electron chi connectivity index (χ3n) is 2.33. The lowest BCUT2D eigenvalue weighted by atomic mass is 10.1. The summed E-state index contributed by atoms with van der Waals surface area (Å²) in [6, 6.07) is 6.22. The van der Waals surface area contributed by atoms with Crippen molar-refractivity contribution in [1.82, 2.24) is 5.32 Å². The van der Waals surface area contributed by atoms with Crippen LogP contribution in [0.25, 0.3) is 0 Å². The van der Waals surface area contributed by atoms with Crippen molar-refractivity contribution in [3.8, 4) is 5.75 Å². The number of phenols is 1. The molecule has 0 aliphatic carbocycles. The van der Waals surface area contributed by atoms with E-state index < -0.39 is 12.1 Å². The van der Waals surface area contributed by atoms with Gasteiger partial charge in [0.2, 0.25) is 5.91 Å². The van der Waals surface area contributed by atoms with Crippen molar-refractivity contribution in [3.63, 3.8) is 0 Å². The first kappa shape index (κ1) is 14.0. The van der Waals surface area contributed by atoms with E-state index in [2.05, 4.69) is 5.32 Å². The topological polar surface area (TPSA) is 107 Å². The highest BCUT2D eigenvalue weighted by Crippen LogP contribution is 2.09. The number of amides is 1. The standard InChI is InChI=1S/C12H15NO5/c14-9-3-1-8(2-4-9)7-11(16)13-6-5-10(15)12(17)18/h1-4,10,14-15H,5-7H2,(H,13,16)(H,17,18)/t10-/m0/s1. The van der Waals surface area contributed by atoms with E-state index >= 15 is 0 Å². The Hall–Kier alpha value is -2.08. The lowest BCUT2D eigenvalue weighted by Crippen LogP contribution is -2.30. The molecule has 6 nitrogen and oxygen atoms in total. The Morgan fingerprint density at radius 2 is 1.83 bits per heavy atom. The van der Waals surface area contributed by atoms with Crippen molar-refractivity contribution in [2.75, 3.05) is 6.54 Å². The molecule has 18 heavy (non-hydrogen) atoms. The van der Waals surface area contributed by atoms with E-state index in [1.54, 1.807) is 12.1 Å². The Kier molecular flexibility index (Phi) is 5.13. The Balaban J connectivity index is 2.30. The van der Waals surface area contributed by atoms with Crippen molar-refractivity contribution in [2.45, 2.75) is 18.9 Å². The van der Waals surface area contributed by atoms with Gasteiger partial charge in [-0.1, -0.05) is 12.1 Å². The fourth-order valence-corrected chi connectivity index (χ4v) is 1.33. The van der Waals surface area contributed by atoms with Crippen LogP contribution in [0.3, 0.4) is 0 Å². The van der Waals surface area contributed by atoms with Gasteiger partial charge in [0.1, 0.15) is 5.75 Å². The van der Waals surface area contributed by atoms with E-state index in [9.17, 15) is 9.59 Å². The lowest BCUT2D eigenvalue weighted by Gasteiger charge is -2.07. The molecule has 1 aromatic carbocycles. The molecule has 1 aromatic rings. The van der Waals surface area contributed by atoms with Crippen LogP contribution in [-0.4, -0.2) is 39.8 Å². The average Bonchev–Trinajstić information content (AvgIpc) is 2.32. The summed E-state index contributed by atoms with van der Waals surface area (Å²) in [6.45, 7) is 0.102. The van der Waals surface area contributed by atoms with Gasteiger partial charge in [-0.3, -0.25) is 4.79 Å². The number of carboxylic acids is 1. The van der Waals surface area contributed by atoms with Gasteiger partial charge in [0.25, 0.3) is 0 Å². The number of rotatable bonds is 6. The second-order valence-corrected chi connectivity index (χ2v) is 3.84. The molecule has 0 spiro atoms. The quantitative estimate of drug-likeness (QED) is 0.565. The smallest absolute Gasteiger partial charge is 0.332 e. The molecule has 0 saturated carbocycles. The molecule has 1 amide bonds. The van der Waals surface area contributed by atoms with Gasteiger partial charge < -0.3 is 20.6 Å². The maximum Gasteiger partial charge on any atom is 0.332 e. The van der Waals surface area contributed by atoms with Gasteiger partial charge in [-0.2, -0.15) is 0 Å². The summed E-state index contributed by atoms with van der Waals surface area (Å²) >= 11 is 0. The Morgan fingerprint density at radius 1 is 1.22 bits per heavy atom. The summed E-state index contributed by atoms with van der Waals surface area (Å²) in [4.78, 5) is 21.8. The first-order valence-corrected chi connectivity index (χ1v) is 5.44. The van der Waals surface area contributed by atoms with E-state index in [0.29, 0.717) is 0 Å². The maximum absolute atomic E-state index is 11.4. The van der Waals surface area contributed by atoms with Crippen molar-refractivity contribution >= 4 is 11.9 Å². The van der Waals surface area contributed by atoms with Crippen LogP contribution in [-0.2, 0) is 16.0 Å². The van der Waals surface area contributed by atoms with Gasteiger partial charge in [-0.25, -0.2) is 4.79 Å². The van der Waals surface area contributed by atoms with Crippen LogP contribution < -0.4 is 5.32 Å². The van der Waals surface area contributed by atoms with Crippen molar-refractivity contribution in [1.29, 1.82) is 0 Å². The molecule has 1 rings (SSSR count). The number of aliphatic carboxylic acids is 1. The first-order chi connectivity index (χ1) is 8.49. The molecule has 0 heterocycles.